The zero-order chi connectivity index (χ0) is 24.1. The van der Waals surface area contributed by atoms with Gasteiger partial charge in [0, 0.05) is 4.43 Å². The number of esters is 2. The average Bonchev–Trinajstić information content (AvgIpc) is 2.60. The summed E-state index contributed by atoms with van der Waals surface area (Å²) in [6.45, 7) is 12.3. The second kappa shape index (κ2) is 14.3. The number of carbonyl (C=O) groups is 4. The maximum absolute atomic E-state index is 11.3. The van der Waals surface area contributed by atoms with E-state index in [2.05, 4.69) is 20.1 Å². The number of rotatable bonds is 6. The van der Waals surface area contributed by atoms with Crippen LogP contribution in [0.5, 0.6) is 0 Å². The number of hydrogen-bond acceptors (Lipinski definition) is 8. The van der Waals surface area contributed by atoms with Crippen LogP contribution in [-0.2, 0) is 28.5 Å². The van der Waals surface area contributed by atoms with Crippen LogP contribution in [0.25, 0.3) is 0 Å². The number of alkyl carbamates (subject to hydrolysis) is 2. The third kappa shape index (κ3) is 16.1. The Kier molecular flexibility index (Phi) is 14.4. The predicted molar refractivity (Wildman–Crippen MR) is 120 cm³/mol. The Morgan fingerprint density at radius 3 is 1.37 bits per heavy atom. The van der Waals surface area contributed by atoms with E-state index >= 15 is 0 Å². The van der Waals surface area contributed by atoms with E-state index < -0.39 is 47.4 Å². The minimum absolute atomic E-state index is 0.434. The second-order valence-electron chi connectivity index (χ2n) is 8.01. The minimum atomic E-state index is -0.662. The molecular formula is C19H35IN2O8. The van der Waals surface area contributed by atoms with Gasteiger partial charge < -0.3 is 29.6 Å². The maximum atomic E-state index is 11.3. The van der Waals surface area contributed by atoms with Crippen molar-refractivity contribution < 1.29 is 38.1 Å². The summed E-state index contributed by atoms with van der Waals surface area (Å²) < 4.78 is 19.5. The number of alkyl halides is 1. The third-order valence-electron chi connectivity index (χ3n) is 2.92. The Hall–Kier alpha value is -1.79. The van der Waals surface area contributed by atoms with Crippen LogP contribution in [0, 0.1) is 0 Å². The van der Waals surface area contributed by atoms with Crippen LogP contribution >= 0.6 is 22.6 Å². The average molecular weight is 546 g/mol. The SMILES string of the molecule is CC[C@H](NC(=O)OC(C)(C)C)C(=O)OC.COC(=O)[C@H](CI)NC(=O)OC(C)(C)C. The van der Waals surface area contributed by atoms with E-state index in [1.54, 1.807) is 48.5 Å². The Labute approximate surface area is 192 Å². The van der Waals surface area contributed by atoms with Gasteiger partial charge in [0.1, 0.15) is 23.3 Å². The normalized spacial score (nSPS) is 12.9. The van der Waals surface area contributed by atoms with Crippen LogP contribution in [0.2, 0.25) is 0 Å². The molecule has 30 heavy (non-hydrogen) atoms. The molecule has 2 N–H and O–H groups in total. The van der Waals surface area contributed by atoms with Crippen molar-refractivity contribution in [1.29, 1.82) is 0 Å². The molecular weight excluding hydrogens is 511 g/mol. The lowest BCUT2D eigenvalue weighted by Crippen LogP contribution is -2.44. The Morgan fingerprint density at radius 1 is 0.767 bits per heavy atom. The number of methoxy groups -OCH3 is 2. The van der Waals surface area contributed by atoms with Crippen LogP contribution in [0.3, 0.4) is 0 Å². The van der Waals surface area contributed by atoms with E-state index in [1.807, 2.05) is 22.6 Å². The highest BCUT2D eigenvalue weighted by atomic mass is 127. The molecule has 11 heteroatoms. The predicted octanol–water partition coefficient (Wildman–Crippen LogP) is 2.95. The summed E-state index contributed by atoms with van der Waals surface area (Å²) in [6, 6.07) is -1.31. The summed E-state index contributed by atoms with van der Waals surface area (Å²) in [4.78, 5) is 44.9. The topological polar surface area (TPSA) is 129 Å². The molecule has 0 saturated carbocycles. The minimum Gasteiger partial charge on any atom is -0.467 e. The fraction of sp³-hybridized carbons (Fsp3) is 0.789. The molecule has 2 amide bonds. The fourth-order valence-corrected chi connectivity index (χ4v) is 2.25. The molecule has 0 aliphatic carbocycles. The van der Waals surface area contributed by atoms with Crippen molar-refractivity contribution in [3.63, 3.8) is 0 Å². The fourth-order valence-electron chi connectivity index (χ4n) is 1.67. The van der Waals surface area contributed by atoms with Crippen LogP contribution in [0.15, 0.2) is 0 Å². The number of nitrogens with one attached hydrogen (secondary N) is 2. The van der Waals surface area contributed by atoms with Gasteiger partial charge in [-0.15, -0.1) is 0 Å². The van der Waals surface area contributed by atoms with Gasteiger partial charge in [0.15, 0.2) is 0 Å². The summed E-state index contributed by atoms with van der Waals surface area (Å²) in [5.74, 6) is -0.946. The van der Waals surface area contributed by atoms with Crippen molar-refractivity contribution in [2.45, 2.75) is 78.2 Å². The molecule has 0 radical (unpaired) electrons. The second-order valence-corrected chi connectivity index (χ2v) is 8.89. The first kappa shape index (κ1) is 30.4. The van der Waals surface area contributed by atoms with E-state index in [0.29, 0.717) is 10.8 Å². The van der Waals surface area contributed by atoms with Gasteiger partial charge in [0.25, 0.3) is 0 Å². The molecule has 0 rings (SSSR count). The quantitative estimate of drug-likeness (QED) is 0.225. The van der Waals surface area contributed by atoms with Gasteiger partial charge in [-0.2, -0.15) is 0 Å². The van der Waals surface area contributed by atoms with E-state index in [0.717, 1.165) is 0 Å². The molecule has 0 heterocycles. The Bertz CT molecular complexity index is 520. The number of carbonyl (C=O) groups excluding carboxylic acids is 4. The molecule has 0 fully saturated rings. The standard InChI is InChI=1S/C10H19NO4.C9H16INO4/c1-6-7(8(12)14-5)11-9(13)15-10(2,3)4;1-9(2,3)15-8(13)11-6(5-10)7(12)14-4/h7H,6H2,1-5H3,(H,11,13);6H,5H2,1-4H3,(H,11,13)/t7-;6-/m00/s1. The molecule has 0 aromatic rings. The van der Waals surface area contributed by atoms with Crippen molar-refractivity contribution in [3.8, 4) is 0 Å². The highest BCUT2D eigenvalue weighted by molar-refractivity contribution is 14.1. The van der Waals surface area contributed by atoms with Crippen molar-refractivity contribution in [3.05, 3.63) is 0 Å². The van der Waals surface area contributed by atoms with Crippen molar-refractivity contribution in [2.75, 3.05) is 18.6 Å². The first-order valence-electron chi connectivity index (χ1n) is 9.30. The van der Waals surface area contributed by atoms with Gasteiger partial charge >= 0.3 is 24.1 Å². The molecule has 0 saturated heterocycles. The summed E-state index contributed by atoms with van der Waals surface area (Å²) >= 11 is 1.99. The van der Waals surface area contributed by atoms with Gasteiger partial charge in [0.05, 0.1) is 14.2 Å². The first-order valence-corrected chi connectivity index (χ1v) is 10.8. The lowest BCUT2D eigenvalue weighted by molar-refractivity contribution is -0.143. The van der Waals surface area contributed by atoms with Crippen molar-refractivity contribution >= 4 is 46.7 Å². The van der Waals surface area contributed by atoms with Crippen LogP contribution < -0.4 is 10.6 Å². The highest BCUT2D eigenvalue weighted by Crippen LogP contribution is 2.08. The first-order chi connectivity index (χ1) is 13.6. The highest BCUT2D eigenvalue weighted by Gasteiger charge is 2.24. The number of ether oxygens (including phenoxy) is 4. The molecule has 0 aromatic heterocycles. The molecule has 0 aliphatic rings. The molecule has 2 atom stereocenters. The Balaban J connectivity index is 0. The van der Waals surface area contributed by atoms with Gasteiger partial charge in [-0.05, 0) is 48.0 Å². The summed E-state index contributed by atoms with van der Waals surface area (Å²) in [5, 5.41) is 4.87. The van der Waals surface area contributed by atoms with Crippen LogP contribution in [0.4, 0.5) is 9.59 Å². The zero-order valence-electron chi connectivity index (χ0n) is 19.2. The van der Waals surface area contributed by atoms with E-state index in [1.165, 1.54) is 14.2 Å². The van der Waals surface area contributed by atoms with Gasteiger partial charge in [-0.1, -0.05) is 29.5 Å². The summed E-state index contributed by atoms with van der Waals surface area (Å²) in [7, 11) is 2.56. The molecule has 0 aliphatic heterocycles. The largest absolute Gasteiger partial charge is 0.467 e. The van der Waals surface area contributed by atoms with Gasteiger partial charge in [-0.25, -0.2) is 19.2 Å². The van der Waals surface area contributed by atoms with E-state index in [-0.39, 0.29) is 0 Å². The monoisotopic (exact) mass is 546 g/mol. The summed E-state index contributed by atoms with van der Waals surface area (Å²) in [6.07, 6.45) is -0.763. The third-order valence-corrected chi connectivity index (χ3v) is 3.80. The molecule has 176 valence electrons. The molecule has 0 aromatic carbocycles. The smallest absolute Gasteiger partial charge is 0.408 e. The summed E-state index contributed by atoms with van der Waals surface area (Å²) in [5.41, 5.74) is -1.14. The maximum Gasteiger partial charge on any atom is 0.408 e. The van der Waals surface area contributed by atoms with Crippen molar-refractivity contribution in [2.24, 2.45) is 0 Å². The number of halogens is 1. The number of hydrogen-bond donors (Lipinski definition) is 2. The zero-order valence-corrected chi connectivity index (χ0v) is 21.4. The lowest BCUT2D eigenvalue weighted by Gasteiger charge is -2.21. The van der Waals surface area contributed by atoms with Crippen LogP contribution in [0.1, 0.15) is 54.9 Å². The number of amides is 2. The van der Waals surface area contributed by atoms with E-state index in [4.69, 9.17) is 9.47 Å². The Morgan fingerprint density at radius 2 is 1.10 bits per heavy atom. The van der Waals surface area contributed by atoms with Gasteiger partial charge in [0.2, 0.25) is 0 Å². The lowest BCUT2D eigenvalue weighted by atomic mass is 10.2. The molecule has 10 nitrogen and oxygen atoms in total. The molecule has 0 spiro atoms. The van der Waals surface area contributed by atoms with E-state index in [9.17, 15) is 19.2 Å². The van der Waals surface area contributed by atoms with Crippen molar-refractivity contribution in [1.82, 2.24) is 10.6 Å². The van der Waals surface area contributed by atoms with Crippen LogP contribution in [-0.4, -0.2) is 66.1 Å². The van der Waals surface area contributed by atoms with Gasteiger partial charge in [-0.3, -0.25) is 0 Å². The molecule has 0 unspecified atom stereocenters. The molecule has 0 bridgehead atoms.